The fraction of sp³-hybridized carbons (Fsp3) is 1.00. The summed E-state index contributed by atoms with van der Waals surface area (Å²) in [5.74, 6) is 0. The van der Waals surface area contributed by atoms with Crippen LogP contribution in [-0.2, 0) is 10.9 Å². The summed E-state index contributed by atoms with van der Waals surface area (Å²) in [5, 5.41) is 0. The highest BCUT2D eigenvalue weighted by Gasteiger charge is 1.77. The molecule has 0 aromatic heterocycles. The Morgan fingerprint density at radius 3 is 1.00 bits per heavy atom. The average molecular weight is 111 g/mol. The lowest BCUT2D eigenvalue weighted by Gasteiger charge is -1.69. The predicted octanol–water partition coefficient (Wildman–Crippen LogP) is 0.552. The third-order valence-electron chi connectivity index (χ3n) is 0. The van der Waals surface area contributed by atoms with Crippen molar-refractivity contribution in [2.75, 3.05) is 18.8 Å². The van der Waals surface area contributed by atoms with Gasteiger partial charge in [-0.05, 0) is 10.9 Å². The van der Waals surface area contributed by atoms with Crippen molar-refractivity contribution >= 4 is 20.8 Å². The van der Waals surface area contributed by atoms with Crippen molar-refractivity contribution in [1.29, 1.82) is 0 Å². The van der Waals surface area contributed by atoms with Crippen LogP contribution in [0.5, 0.6) is 0 Å². The maximum Gasteiger partial charge on any atom is 0.0969 e. The summed E-state index contributed by atoms with van der Waals surface area (Å²) in [7, 11) is 0.639. The largest absolute Gasteiger partial charge is 0.153 e. The molecule has 0 saturated carbocycles. The van der Waals surface area contributed by atoms with Gasteiger partial charge in [-0.2, -0.15) is 9.90 Å². The Bertz CT molecular complexity index is 11.6. The van der Waals surface area contributed by atoms with Crippen LogP contribution >= 0.6 is 9.90 Å². The molecule has 1 atom stereocenters. The van der Waals surface area contributed by atoms with Crippen LogP contribution in [0.3, 0.4) is 0 Å². The van der Waals surface area contributed by atoms with Crippen molar-refractivity contribution in [3.05, 3.63) is 0 Å². The maximum absolute atomic E-state index is 2.19. The molecular weight excluding hydrogens is 99.1 g/mol. The SMILES string of the molecule is C[S+](C)C.P. The van der Waals surface area contributed by atoms with E-state index in [0.717, 1.165) is 0 Å². The van der Waals surface area contributed by atoms with E-state index in [1.807, 2.05) is 0 Å². The molecule has 34 valence electrons. The zero-order valence-corrected chi connectivity index (χ0v) is 6.35. The van der Waals surface area contributed by atoms with Crippen LogP contribution < -0.4 is 0 Å². The van der Waals surface area contributed by atoms with Gasteiger partial charge in [-0.3, -0.25) is 0 Å². The van der Waals surface area contributed by atoms with Crippen LogP contribution in [0.2, 0.25) is 0 Å². The van der Waals surface area contributed by atoms with E-state index in [1.54, 1.807) is 0 Å². The predicted molar refractivity (Wildman–Crippen MR) is 36.2 cm³/mol. The first-order valence-electron chi connectivity index (χ1n) is 1.22. The molecule has 0 aliphatic carbocycles. The molecule has 1 unspecified atom stereocenters. The van der Waals surface area contributed by atoms with Gasteiger partial charge in [0, 0.05) is 0 Å². The summed E-state index contributed by atoms with van der Waals surface area (Å²) < 4.78 is 0. The fourth-order valence-corrected chi connectivity index (χ4v) is 0. The average Bonchev–Trinajstić information content (AvgIpc) is 0.811. The normalized spacial score (nSPS) is 7.20. The molecule has 0 amide bonds. The van der Waals surface area contributed by atoms with E-state index in [9.17, 15) is 0 Å². The van der Waals surface area contributed by atoms with E-state index < -0.39 is 0 Å². The van der Waals surface area contributed by atoms with Crippen LogP contribution in [0.4, 0.5) is 0 Å². The Morgan fingerprint density at radius 2 is 1.00 bits per heavy atom. The summed E-state index contributed by atoms with van der Waals surface area (Å²) in [6, 6.07) is 0. The van der Waals surface area contributed by atoms with Crippen LogP contribution in [-0.4, -0.2) is 18.8 Å². The number of rotatable bonds is 0. The van der Waals surface area contributed by atoms with Crippen LogP contribution in [0, 0.1) is 0 Å². The maximum atomic E-state index is 2.19. The third-order valence-corrected chi connectivity index (χ3v) is 0. The molecule has 0 bridgehead atoms. The van der Waals surface area contributed by atoms with Crippen molar-refractivity contribution in [3.8, 4) is 0 Å². The summed E-state index contributed by atoms with van der Waals surface area (Å²) in [4.78, 5) is 0. The van der Waals surface area contributed by atoms with E-state index in [4.69, 9.17) is 0 Å². The molecule has 2 heteroatoms. The Kier molecular flexibility index (Phi) is 8.84. The van der Waals surface area contributed by atoms with E-state index in [0.29, 0.717) is 10.9 Å². The summed E-state index contributed by atoms with van der Waals surface area (Å²) >= 11 is 0. The second kappa shape index (κ2) is 4.78. The Balaban J connectivity index is 0. The smallest absolute Gasteiger partial charge is 0.0969 e. The molecule has 0 spiro atoms. The molecule has 0 saturated heterocycles. The van der Waals surface area contributed by atoms with Crippen molar-refractivity contribution < 1.29 is 0 Å². The Morgan fingerprint density at radius 1 is 1.00 bits per heavy atom. The second-order valence-electron chi connectivity index (χ2n) is 1.22. The molecule has 0 N–H and O–H groups in total. The summed E-state index contributed by atoms with van der Waals surface area (Å²) in [5.41, 5.74) is 0. The van der Waals surface area contributed by atoms with Gasteiger partial charge in [0.2, 0.25) is 0 Å². The zero-order chi connectivity index (χ0) is 3.58. The van der Waals surface area contributed by atoms with E-state index in [2.05, 4.69) is 18.8 Å². The van der Waals surface area contributed by atoms with E-state index in [-0.39, 0.29) is 9.90 Å². The monoisotopic (exact) mass is 111 g/mol. The quantitative estimate of drug-likeness (QED) is 0.316. The first-order chi connectivity index (χ1) is 1.73. The highest BCUT2D eigenvalue weighted by molar-refractivity contribution is 7.94. The highest BCUT2D eigenvalue weighted by Crippen LogP contribution is 1.63. The minimum Gasteiger partial charge on any atom is -0.153 e. The molecule has 0 aliphatic rings. The minimum atomic E-state index is 0. The van der Waals surface area contributed by atoms with Gasteiger partial charge < -0.3 is 0 Å². The van der Waals surface area contributed by atoms with Gasteiger partial charge in [-0.15, -0.1) is 0 Å². The molecule has 0 aromatic carbocycles. The molecule has 0 heterocycles. The highest BCUT2D eigenvalue weighted by atomic mass is 32.2. The van der Waals surface area contributed by atoms with Crippen LogP contribution in [0.15, 0.2) is 0 Å². The van der Waals surface area contributed by atoms with Gasteiger partial charge in [-0.1, -0.05) is 0 Å². The number of hydrogen-bond donors (Lipinski definition) is 0. The molecule has 0 rings (SSSR count). The number of hydrogen-bond acceptors (Lipinski definition) is 0. The lowest BCUT2D eigenvalue weighted by atomic mass is 11.9. The topological polar surface area (TPSA) is 0 Å². The first kappa shape index (κ1) is 9.24. The lowest BCUT2D eigenvalue weighted by molar-refractivity contribution is 2.18. The van der Waals surface area contributed by atoms with Crippen LogP contribution in [0.25, 0.3) is 0 Å². The molecule has 5 heavy (non-hydrogen) atoms. The molecular formula is C3H12PS+. The van der Waals surface area contributed by atoms with Crippen molar-refractivity contribution in [2.45, 2.75) is 0 Å². The lowest BCUT2D eigenvalue weighted by Crippen LogP contribution is -1.84. The zero-order valence-electron chi connectivity index (χ0n) is 4.12. The minimum absolute atomic E-state index is 0. The van der Waals surface area contributed by atoms with Crippen molar-refractivity contribution in [2.24, 2.45) is 0 Å². The van der Waals surface area contributed by atoms with E-state index in [1.165, 1.54) is 0 Å². The van der Waals surface area contributed by atoms with Gasteiger partial charge in [0.1, 0.15) is 0 Å². The third kappa shape index (κ3) is 60.7. The summed E-state index contributed by atoms with van der Waals surface area (Å²) in [6.07, 6.45) is 6.58. The second-order valence-corrected chi connectivity index (χ2v) is 3.67. The standard InChI is InChI=1S/C3H9S.H3P/c1-4(2)3;/h1-3H3;1H3/q+1;. The molecule has 0 radical (unpaired) electrons. The van der Waals surface area contributed by atoms with Crippen LogP contribution in [0.1, 0.15) is 0 Å². The van der Waals surface area contributed by atoms with Gasteiger partial charge in [-0.25, -0.2) is 0 Å². The van der Waals surface area contributed by atoms with E-state index >= 15 is 0 Å². The van der Waals surface area contributed by atoms with Gasteiger partial charge in [0.15, 0.2) is 0 Å². The van der Waals surface area contributed by atoms with Gasteiger partial charge in [0.05, 0.1) is 18.8 Å². The van der Waals surface area contributed by atoms with Gasteiger partial charge in [0.25, 0.3) is 0 Å². The summed E-state index contributed by atoms with van der Waals surface area (Å²) in [6.45, 7) is 0. The molecule has 0 nitrogen and oxygen atoms in total. The fourth-order valence-electron chi connectivity index (χ4n) is 0. The van der Waals surface area contributed by atoms with Gasteiger partial charge >= 0.3 is 0 Å². The Labute approximate surface area is 40.3 Å². The first-order valence-corrected chi connectivity index (χ1v) is 3.67. The molecule has 0 aromatic rings. The van der Waals surface area contributed by atoms with Crippen molar-refractivity contribution in [3.63, 3.8) is 0 Å². The van der Waals surface area contributed by atoms with Crippen molar-refractivity contribution in [1.82, 2.24) is 0 Å². The Hall–Kier alpha value is 0.780. The molecule has 0 aliphatic heterocycles. The molecule has 0 fully saturated rings.